The van der Waals surface area contributed by atoms with Crippen LogP contribution in [-0.2, 0) is 11.3 Å². The van der Waals surface area contributed by atoms with E-state index in [9.17, 15) is 4.79 Å². The summed E-state index contributed by atoms with van der Waals surface area (Å²) in [6, 6.07) is 8.06. The number of carbonyl (C=O) groups excluding carboxylic acids is 1. The van der Waals surface area contributed by atoms with E-state index in [0.29, 0.717) is 0 Å². The molecule has 0 saturated heterocycles. The molecule has 1 unspecified atom stereocenters. The van der Waals surface area contributed by atoms with Gasteiger partial charge in [-0.25, -0.2) is 4.98 Å². The van der Waals surface area contributed by atoms with Crippen molar-refractivity contribution in [2.75, 3.05) is 6.54 Å². The Balaban J connectivity index is 1.97. The zero-order valence-corrected chi connectivity index (χ0v) is 12.8. The van der Waals surface area contributed by atoms with Crippen molar-refractivity contribution in [2.24, 2.45) is 5.73 Å². The second-order valence-corrected chi connectivity index (χ2v) is 5.65. The van der Waals surface area contributed by atoms with Gasteiger partial charge in [0.15, 0.2) is 0 Å². The van der Waals surface area contributed by atoms with Gasteiger partial charge in [0.05, 0.1) is 22.9 Å². The van der Waals surface area contributed by atoms with Crippen LogP contribution < -0.4 is 11.1 Å². The van der Waals surface area contributed by atoms with Crippen LogP contribution in [0.1, 0.15) is 33.1 Å². The number of aromatic nitrogens is 2. The average molecular weight is 288 g/mol. The van der Waals surface area contributed by atoms with E-state index in [2.05, 4.69) is 27.9 Å². The number of benzene rings is 1. The SMILES string of the molecule is CCCNC(C)(CCCn1cnc2ccccc21)C(N)=O. The van der Waals surface area contributed by atoms with Crippen molar-refractivity contribution in [1.29, 1.82) is 0 Å². The third kappa shape index (κ3) is 3.61. The average Bonchev–Trinajstić information content (AvgIpc) is 2.88. The van der Waals surface area contributed by atoms with Gasteiger partial charge in [-0.15, -0.1) is 0 Å². The lowest BCUT2D eigenvalue weighted by Crippen LogP contribution is -2.53. The van der Waals surface area contributed by atoms with E-state index in [0.717, 1.165) is 43.4 Å². The molecule has 0 saturated carbocycles. The molecular formula is C16H24N4O. The summed E-state index contributed by atoms with van der Waals surface area (Å²) in [6.45, 7) is 5.59. The summed E-state index contributed by atoms with van der Waals surface area (Å²) in [4.78, 5) is 16.0. The Morgan fingerprint density at radius 3 is 2.90 bits per heavy atom. The first kappa shape index (κ1) is 15.5. The third-order valence-electron chi connectivity index (χ3n) is 3.91. The minimum absolute atomic E-state index is 0.286. The van der Waals surface area contributed by atoms with Crippen LogP contribution in [0.4, 0.5) is 0 Å². The summed E-state index contributed by atoms with van der Waals surface area (Å²) < 4.78 is 2.12. The lowest BCUT2D eigenvalue weighted by Gasteiger charge is -2.27. The monoisotopic (exact) mass is 288 g/mol. The molecule has 114 valence electrons. The van der Waals surface area contributed by atoms with Gasteiger partial charge in [0.25, 0.3) is 0 Å². The molecule has 1 heterocycles. The molecule has 1 amide bonds. The summed E-state index contributed by atoms with van der Waals surface area (Å²) >= 11 is 0. The van der Waals surface area contributed by atoms with Gasteiger partial charge in [0, 0.05) is 6.54 Å². The highest BCUT2D eigenvalue weighted by Crippen LogP contribution is 2.16. The maximum Gasteiger partial charge on any atom is 0.237 e. The number of fused-ring (bicyclic) bond motifs is 1. The Morgan fingerprint density at radius 1 is 1.43 bits per heavy atom. The Kier molecular flexibility index (Phi) is 4.96. The predicted molar refractivity (Wildman–Crippen MR) is 84.9 cm³/mol. The minimum atomic E-state index is -0.633. The quantitative estimate of drug-likeness (QED) is 0.781. The van der Waals surface area contributed by atoms with Crippen LogP contribution in [0.15, 0.2) is 30.6 Å². The van der Waals surface area contributed by atoms with Gasteiger partial charge in [-0.1, -0.05) is 19.1 Å². The molecule has 0 fully saturated rings. The second-order valence-electron chi connectivity index (χ2n) is 5.65. The molecule has 0 spiro atoms. The highest BCUT2D eigenvalue weighted by Gasteiger charge is 2.29. The molecule has 0 radical (unpaired) electrons. The van der Waals surface area contributed by atoms with Crippen molar-refractivity contribution < 1.29 is 4.79 Å². The van der Waals surface area contributed by atoms with Gasteiger partial charge >= 0.3 is 0 Å². The predicted octanol–water partition coefficient (Wildman–Crippen LogP) is 2.06. The molecule has 0 aliphatic rings. The van der Waals surface area contributed by atoms with E-state index in [4.69, 9.17) is 5.73 Å². The maximum absolute atomic E-state index is 11.7. The van der Waals surface area contributed by atoms with Crippen molar-refractivity contribution in [3.8, 4) is 0 Å². The Bertz CT molecular complexity index is 607. The number of nitrogens with zero attached hydrogens (tertiary/aromatic N) is 2. The molecule has 5 nitrogen and oxygen atoms in total. The van der Waals surface area contributed by atoms with Crippen LogP contribution in [0.5, 0.6) is 0 Å². The topological polar surface area (TPSA) is 72.9 Å². The number of aryl methyl sites for hydroxylation is 1. The molecule has 0 aliphatic heterocycles. The lowest BCUT2D eigenvalue weighted by atomic mass is 9.94. The van der Waals surface area contributed by atoms with Crippen molar-refractivity contribution in [3.63, 3.8) is 0 Å². The largest absolute Gasteiger partial charge is 0.368 e. The van der Waals surface area contributed by atoms with E-state index in [1.807, 2.05) is 31.5 Å². The summed E-state index contributed by atoms with van der Waals surface area (Å²) in [5.74, 6) is -0.286. The summed E-state index contributed by atoms with van der Waals surface area (Å²) in [5.41, 5.74) is 7.03. The summed E-state index contributed by atoms with van der Waals surface area (Å²) in [6.07, 6.45) is 4.42. The Labute approximate surface area is 125 Å². The third-order valence-corrected chi connectivity index (χ3v) is 3.91. The van der Waals surface area contributed by atoms with Crippen LogP contribution in [-0.4, -0.2) is 27.5 Å². The number of para-hydroxylation sites is 2. The molecule has 0 aliphatic carbocycles. The maximum atomic E-state index is 11.7. The summed E-state index contributed by atoms with van der Waals surface area (Å²) in [5, 5.41) is 3.26. The van der Waals surface area contributed by atoms with Crippen LogP contribution in [0.2, 0.25) is 0 Å². The van der Waals surface area contributed by atoms with Crippen LogP contribution in [0.3, 0.4) is 0 Å². The fourth-order valence-electron chi connectivity index (χ4n) is 2.49. The number of primary amides is 1. The number of hydrogen-bond acceptors (Lipinski definition) is 3. The van der Waals surface area contributed by atoms with Crippen molar-refractivity contribution in [2.45, 2.75) is 45.2 Å². The number of carbonyl (C=O) groups is 1. The van der Waals surface area contributed by atoms with Gasteiger partial charge in [-0.05, 0) is 44.9 Å². The normalized spacial score (nSPS) is 14.2. The first-order valence-corrected chi connectivity index (χ1v) is 7.51. The van der Waals surface area contributed by atoms with Crippen molar-refractivity contribution >= 4 is 16.9 Å². The van der Waals surface area contributed by atoms with Crippen LogP contribution in [0, 0.1) is 0 Å². The van der Waals surface area contributed by atoms with Crippen LogP contribution >= 0.6 is 0 Å². The zero-order valence-electron chi connectivity index (χ0n) is 12.8. The molecule has 3 N–H and O–H groups in total. The van der Waals surface area contributed by atoms with E-state index in [-0.39, 0.29) is 5.91 Å². The van der Waals surface area contributed by atoms with Gasteiger partial charge in [0.2, 0.25) is 5.91 Å². The number of rotatable bonds is 8. The number of imidazole rings is 1. The molecule has 0 bridgehead atoms. The van der Waals surface area contributed by atoms with E-state index >= 15 is 0 Å². The zero-order chi connectivity index (χ0) is 15.3. The van der Waals surface area contributed by atoms with E-state index < -0.39 is 5.54 Å². The first-order chi connectivity index (χ1) is 10.1. The van der Waals surface area contributed by atoms with Crippen molar-refractivity contribution in [1.82, 2.24) is 14.9 Å². The smallest absolute Gasteiger partial charge is 0.237 e. The number of hydrogen-bond donors (Lipinski definition) is 2. The fraction of sp³-hybridized carbons (Fsp3) is 0.500. The van der Waals surface area contributed by atoms with Crippen LogP contribution in [0.25, 0.3) is 11.0 Å². The fourth-order valence-corrected chi connectivity index (χ4v) is 2.49. The minimum Gasteiger partial charge on any atom is -0.368 e. The highest BCUT2D eigenvalue weighted by molar-refractivity contribution is 5.84. The van der Waals surface area contributed by atoms with Gasteiger partial charge in [0.1, 0.15) is 0 Å². The first-order valence-electron chi connectivity index (χ1n) is 7.51. The molecule has 5 heteroatoms. The van der Waals surface area contributed by atoms with Gasteiger partial charge < -0.3 is 15.6 Å². The molecule has 1 aromatic carbocycles. The number of nitrogens with two attached hydrogens (primary N) is 1. The highest BCUT2D eigenvalue weighted by atomic mass is 16.1. The second kappa shape index (κ2) is 6.72. The lowest BCUT2D eigenvalue weighted by molar-refractivity contribution is -0.124. The van der Waals surface area contributed by atoms with E-state index in [1.54, 1.807) is 0 Å². The molecule has 21 heavy (non-hydrogen) atoms. The molecule has 1 atom stereocenters. The molecule has 2 aromatic rings. The Hall–Kier alpha value is -1.88. The molecule has 1 aromatic heterocycles. The van der Waals surface area contributed by atoms with Gasteiger partial charge in [-0.2, -0.15) is 0 Å². The standard InChI is InChI=1S/C16H24N4O/c1-3-10-19-16(2,15(17)21)9-6-11-20-12-18-13-7-4-5-8-14(13)20/h4-5,7-8,12,19H,3,6,9-11H2,1-2H3,(H2,17,21). The number of amides is 1. The van der Waals surface area contributed by atoms with E-state index in [1.165, 1.54) is 0 Å². The molecule has 2 rings (SSSR count). The van der Waals surface area contributed by atoms with Crippen molar-refractivity contribution in [3.05, 3.63) is 30.6 Å². The summed E-state index contributed by atoms with van der Waals surface area (Å²) in [7, 11) is 0. The van der Waals surface area contributed by atoms with Gasteiger partial charge in [-0.3, -0.25) is 4.79 Å². The molecular weight excluding hydrogens is 264 g/mol. The number of nitrogens with one attached hydrogen (secondary N) is 1. The Morgan fingerprint density at radius 2 is 2.19 bits per heavy atom.